The Kier molecular flexibility index (Phi) is 8.61. The van der Waals surface area contributed by atoms with Gasteiger partial charge in [0.25, 0.3) is 0 Å². The maximum Gasteiger partial charge on any atom is 0.410 e. The first-order chi connectivity index (χ1) is 22.3. The van der Waals surface area contributed by atoms with E-state index in [-0.39, 0.29) is 6.09 Å². The van der Waals surface area contributed by atoms with E-state index in [0.717, 1.165) is 46.8 Å². The molecule has 0 saturated carbocycles. The van der Waals surface area contributed by atoms with Gasteiger partial charge in [-0.05, 0) is 74.9 Å². The number of piperazine rings is 1. The number of nitriles is 1. The standard InChI is InChI=1S/C35H35N9O2/c1-35(2,3)46-34(45)43-19-17-42(18-20-43)29-12-10-28(11-13-29)39-33-38-16-14-31(40-33)30-24-44(23-27-8-5-4-7-25(27)21-36)41-32(30)26-9-6-15-37-22-26/h4-16,22,24H,17-20,23H2,1-3H3,(H,38,39,40). The molecule has 6 rings (SSSR count). The zero-order valence-electron chi connectivity index (χ0n) is 26.1. The van der Waals surface area contributed by atoms with Gasteiger partial charge in [-0.15, -0.1) is 0 Å². The molecule has 4 heterocycles. The van der Waals surface area contributed by atoms with E-state index in [1.807, 2.05) is 86.2 Å². The number of amides is 1. The molecule has 0 radical (unpaired) electrons. The van der Waals surface area contributed by atoms with Gasteiger partial charge in [0, 0.05) is 73.5 Å². The van der Waals surface area contributed by atoms with Crippen LogP contribution in [0.4, 0.5) is 22.1 Å². The van der Waals surface area contributed by atoms with Crippen LogP contribution in [0.3, 0.4) is 0 Å². The number of hydrogen-bond donors (Lipinski definition) is 1. The second kappa shape index (κ2) is 13.1. The van der Waals surface area contributed by atoms with Crippen LogP contribution in [0.25, 0.3) is 22.5 Å². The molecule has 0 spiro atoms. The average molecular weight is 614 g/mol. The van der Waals surface area contributed by atoms with Crippen molar-refractivity contribution in [2.75, 3.05) is 36.4 Å². The summed E-state index contributed by atoms with van der Waals surface area (Å²) in [5.74, 6) is 0.455. The number of carbonyl (C=O) groups is 1. The number of hydrogen-bond acceptors (Lipinski definition) is 9. The van der Waals surface area contributed by atoms with Crippen LogP contribution in [0.1, 0.15) is 31.9 Å². The minimum atomic E-state index is -0.505. The quantitative estimate of drug-likeness (QED) is 0.231. The molecule has 3 aromatic heterocycles. The van der Waals surface area contributed by atoms with E-state index in [4.69, 9.17) is 14.8 Å². The Balaban J connectivity index is 1.17. The van der Waals surface area contributed by atoms with Crippen molar-refractivity contribution < 1.29 is 9.53 Å². The minimum absolute atomic E-state index is 0.266. The third kappa shape index (κ3) is 7.13. The monoisotopic (exact) mass is 613 g/mol. The fraction of sp³-hybridized carbons (Fsp3) is 0.257. The molecule has 1 fully saturated rings. The largest absolute Gasteiger partial charge is 0.444 e. The Morgan fingerprint density at radius 3 is 2.48 bits per heavy atom. The van der Waals surface area contributed by atoms with Crippen molar-refractivity contribution in [3.8, 4) is 28.6 Å². The number of ether oxygens (including phenoxy) is 1. The number of benzene rings is 2. The van der Waals surface area contributed by atoms with Gasteiger partial charge >= 0.3 is 6.09 Å². The maximum absolute atomic E-state index is 12.4. The van der Waals surface area contributed by atoms with E-state index < -0.39 is 5.60 Å². The SMILES string of the molecule is CC(C)(C)OC(=O)N1CCN(c2ccc(Nc3nccc(-c4cn(Cc5ccccc5C#N)nc4-c4cccnc4)n3)cc2)CC1. The summed E-state index contributed by atoms with van der Waals surface area (Å²) >= 11 is 0. The molecule has 11 nitrogen and oxygen atoms in total. The van der Waals surface area contributed by atoms with Crippen LogP contribution < -0.4 is 10.2 Å². The number of aromatic nitrogens is 5. The Hall–Kier alpha value is -5.76. The fourth-order valence-electron chi connectivity index (χ4n) is 5.27. The van der Waals surface area contributed by atoms with E-state index in [0.29, 0.717) is 36.8 Å². The molecule has 46 heavy (non-hydrogen) atoms. The Morgan fingerprint density at radius 1 is 0.978 bits per heavy atom. The average Bonchev–Trinajstić information content (AvgIpc) is 3.49. The molecule has 2 aromatic carbocycles. The summed E-state index contributed by atoms with van der Waals surface area (Å²) in [4.78, 5) is 30.0. The van der Waals surface area contributed by atoms with E-state index >= 15 is 0 Å². The highest BCUT2D eigenvalue weighted by Gasteiger charge is 2.26. The molecular weight excluding hydrogens is 578 g/mol. The van der Waals surface area contributed by atoms with Crippen molar-refractivity contribution in [3.05, 3.63) is 103 Å². The van der Waals surface area contributed by atoms with Crippen molar-refractivity contribution in [2.45, 2.75) is 32.9 Å². The Labute approximate surface area is 268 Å². The van der Waals surface area contributed by atoms with Crippen molar-refractivity contribution >= 4 is 23.4 Å². The number of nitrogens with zero attached hydrogens (tertiary/aromatic N) is 8. The fourth-order valence-corrected chi connectivity index (χ4v) is 5.27. The van der Waals surface area contributed by atoms with Crippen LogP contribution in [0.5, 0.6) is 0 Å². The van der Waals surface area contributed by atoms with E-state index in [2.05, 4.69) is 38.4 Å². The zero-order chi connectivity index (χ0) is 32.1. The molecule has 232 valence electrons. The molecule has 1 aliphatic rings. The van der Waals surface area contributed by atoms with Crippen LogP contribution in [0.2, 0.25) is 0 Å². The van der Waals surface area contributed by atoms with Crippen molar-refractivity contribution in [1.82, 2.24) is 29.6 Å². The highest BCUT2D eigenvalue weighted by atomic mass is 16.6. The smallest absolute Gasteiger partial charge is 0.410 e. The number of rotatable bonds is 7. The summed E-state index contributed by atoms with van der Waals surface area (Å²) < 4.78 is 7.35. The Bertz CT molecular complexity index is 1850. The molecule has 0 bridgehead atoms. The van der Waals surface area contributed by atoms with Gasteiger partial charge in [-0.3, -0.25) is 9.67 Å². The summed E-state index contributed by atoms with van der Waals surface area (Å²) in [6, 6.07) is 23.6. The lowest BCUT2D eigenvalue weighted by atomic mass is 10.1. The third-order valence-electron chi connectivity index (χ3n) is 7.52. The van der Waals surface area contributed by atoms with Crippen LogP contribution in [-0.2, 0) is 11.3 Å². The normalized spacial score (nSPS) is 13.3. The first-order valence-corrected chi connectivity index (χ1v) is 15.1. The second-order valence-corrected chi connectivity index (χ2v) is 12.0. The predicted molar refractivity (Wildman–Crippen MR) is 176 cm³/mol. The van der Waals surface area contributed by atoms with Gasteiger partial charge in [0.2, 0.25) is 5.95 Å². The molecule has 11 heteroatoms. The summed E-state index contributed by atoms with van der Waals surface area (Å²) in [6.07, 6.45) is 6.90. The first kappa shape index (κ1) is 30.3. The Morgan fingerprint density at radius 2 is 1.76 bits per heavy atom. The molecule has 1 amide bonds. The molecule has 1 N–H and O–H groups in total. The molecule has 5 aromatic rings. The van der Waals surface area contributed by atoms with Crippen molar-refractivity contribution in [3.63, 3.8) is 0 Å². The van der Waals surface area contributed by atoms with Gasteiger partial charge in [-0.2, -0.15) is 10.4 Å². The lowest BCUT2D eigenvalue weighted by Crippen LogP contribution is -2.50. The van der Waals surface area contributed by atoms with E-state index in [9.17, 15) is 10.1 Å². The molecule has 0 unspecified atom stereocenters. The molecule has 0 aliphatic carbocycles. The van der Waals surface area contributed by atoms with Crippen LogP contribution in [0, 0.1) is 11.3 Å². The van der Waals surface area contributed by atoms with Gasteiger partial charge in [-0.25, -0.2) is 14.8 Å². The van der Waals surface area contributed by atoms with Crippen LogP contribution in [-0.4, -0.2) is 67.5 Å². The molecule has 1 saturated heterocycles. The second-order valence-electron chi connectivity index (χ2n) is 12.0. The highest BCUT2D eigenvalue weighted by molar-refractivity contribution is 5.78. The first-order valence-electron chi connectivity index (χ1n) is 15.1. The number of anilines is 3. The maximum atomic E-state index is 12.4. The van der Waals surface area contributed by atoms with E-state index in [1.165, 1.54) is 0 Å². The number of pyridine rings is 1. The lowest BCUT2D eigenvalue weighted by Gasteiger charge is -2.36. The van der Waals surface area contributed by atoms with Crippen molar-refractivity contribution in [2.24, 2.45) is 0 Å². The minimum Gasteiger partial charge on any atom is -0.444 e. The van der Waals surface area contributed by atoms with Gasteiger partial charge in [0.1, 0.15) is 11.3 Å². The van der Waals surface area contributed by atoms with Gasteiger partial charge in [0.05, 0.1) is 23.9 Å². The summed E-state index contributed by atoms with van der Waals surface area (Å²) in [5.41, 5.74) is 6.06. The third-order valence-corrected chi connectivity index (χ3v) is 7.52. The number of nitrogens with one attached hydrogen (secondary N) is 1. The molecular formula is C35H35N9O2. The van der Waals surface area contributed by atoms with Gasteiger partial charge in [-0.1, -0.05) is 18.2 Å². The predicted octanol–water partition coefficient (Wildman–Crippen LogP) is 6.12. The van der Waals surface area contributed by atoms with Gasteiger partial charge < -0.3 is 19.9 Å². The van der Waals surface area contributed by atoms with Crippen LogP contribution in [0.15, 0.2) is 91.5 Å². The van der Waals surface area contributed by atoms with Crippen molar-refractivity contribution in [1.29, 1.82) is 5.26 Å². The summed E-state index contributed by atoms with van der Waals surface area (Å²) in [7, 11) is 0. The zero-order valence-corrected chi connectivity index (χ0v) is 26.1. The topological polar surface area (TPSA) is 125 Å². The van der Waals surface area contributed by atoms with E-state index in [1.54, 1.807) is 23.5 Å². The molecule has 0 atom stereocenters. The summed E-state index contributed by atoms with van der Waals surface area (Å²) in [5, 5.41) is 17.8. The number of carbonyl (C=O) groups excluding carboxylic acids is 1. The van der Waals surface area contributed by atoms with Crippen LogP contribution >= 0.6 is 0 Å². The van der Waals surface area contributed by atoms with Gasteiger partial charge in [0.15, 0.2) is 0 Å². The molecule has 1 aliphatic heterocycles. The highest BCUT2D eigenvalue weighted by Crippen LogP contribution is 2.31. The summed E-state index contributed by atoms with van der Waals surface area (Å²) in [6.45, 7) is 8.76. The lowest BCUT2D eigenvalue weighted by molar-refractivity contribution is 0.0240.